The Balaban J connectivity index is 0.00000226. The number of benzene rings is 2. The third-order valence-corrected chi connectivity index (χ3v) is 8.68. The molecule has 0 radical (unpaired) electrons. The first-order chi connectivity index (χ1) is 20.0. The van der Waals surface area contributed by atoms with E-state index in [1.165, 1.54) is 29.7 Å². The van der Waals surface area contributed by atoms with E-state index in [-0.39, 0.29) is 17.9 Å². The highest BCUT2D eigenvalue weighted by molar-refractivity contribution is 5.59. The van der Waals surface area contributed by atoms with Crippen LogP contribution in [0.3, 0.4) is 0 Å². The van der Waals surface area contributed by atoms with Crippen molar-refractivity contribution in [2.45, 2.75) is 111 Å². The molecule has 4 rings (SSSR count). The van der Waals surface area contributed by atoms with E-state index in [1.54, 1.807) is 0 Å². The Hall–Kier alpha value is -2.79. The van der Waals surface area contributed by atoms with Gasteiger partial charge in [-0.25, -0.2) is 4.68 Å². The second kappa shape index (κ2) is 16.0. The van der Waals surface area contributed by atoms with Gasteiger partial charge in [-0.15, -0.1) is 0 Å². The third-order valence-electron chi connectivity index (χ3n) is 8.68. The zero-order chi connectivity index (χ0) is 29.9. The fourth-order valence-electron chi connectivity index (χ4n) is 6.67. The van der Waals surface area contributed by atoms with Crippen LogP contribution in [-0.2, 0) is 11.2 Å². The number of anilines is 1. The zero-order valence-corrected chi connectivity index (χ0v) is 27.0. The Morgan fingerprint density at radius 2 is 1.59 bits per heavy atom. The Kier molecular flexibility index (Phi) is 12.8. The summed E-state index contributed by atoms with van der Waals surface area (Å²) in [5.74, 6) is 1.22. The molecule has 0 saturated heterocycles. The Morgan fingerprint density at radius 1 is 0.927 bits per heavy atom. The maximum absolute atomic E-state index is 11.5. The van der Waals surface area contributed by atoms with Gasteiger partial charge in [-0.05, 0) is 61.4 Å². The van der Waals surface area contributed by atoms with Gasteiger partial charge in [0.05, 0.1) is 17.5 Å². The highest BCUT2D eigenvalue weighted by atomic mass is 16.5. The first kappa shape index (κ1) is 32.7. The Labute approximate surface area is 249 Å². The van der Waals surface area contributed by atoms with Crippen molar-refractivity contribution in [3.05, 3.63) is 71.0 Å². The van der Waals surface area contributed by atoms with Crippen LogP contribution >= 0.6 is 0 Å². The molecule has 0 aliphatic heterocycles. The van der Waals surface area contributed by atoms with Gasteiger partial charge in [-0.3, -0.25) is 0 Å². The lowest BCUT2D eigenvalue weighted by atomic mass is 9.56. The molecule has 4 atom stereocenters. The SMILES string of the molecule is CC.CCCCN(CCCC)c1cc(C)c(C2C(CC)C(c3cn(-c4ccccc4)nc3CCC)C2OC)c(O)c1. The zero-order valence-electron chi connectivity index (χ0n) is 27.0. The van der Waals surface area contributed by atoms with Crippen molar-refractivity contribution < 1.29 is 9.84 Å². The molecule has 226 valence electrons. The smallest absolute Gasteiger partial charge is 0.121 e. The number of methoxy groups -OCH3 is 1. The molecule has 0 spiro atoms. The summed E-state index contributed by atoms with van der Waals surface area (Å²) in [4.78, 5) is 2.45. The van der Waals surface area contributed by atoms with Crippen LogP contribution in [0.1, 0.15) is 114 Å². The van der Waals surface area contributed by atoms with Crippen LogP contribution in [-0.4, -0.2) is 41.2 Å². The van der Waals surface area contributed by atoms with Crippen LogP contribution in [0, 0.1) is 12.8 Å². The minimum atomic E-state index is 0.00529. The minimum absolute atomic E-state index is 0.00529. The number of aromatic nitrogens is 2. The number of phenols is 1. The van der Waals surface area contributed by atoms with Crippen molar-refractivity contribution >= 4 is 5.69 Å². The highest BCUT2D eigenvalue weighted by Crippen LogP contribution is 2.58. The number of para-hydroxylation sites is 1. The number of ether oxygens (including phenoxy) is 1. The van der Waals surface area contributed by atoms with Crippen molar-refractivity contribution in [1.82, 2.24) is 9.78 Å². The summed E-state index contributed by atoms with van der Waals surface area (Å²) in [6.07, 6.45) is 9.93. The summed E-state index contributed by atoms with van der Waals surface area (Å²) in [5.41, 5.74) is 6.92. The van der Waals surface area contributed by atoms with E-state index in [9.17, 15) is 5.11 Å². The second-order valence-electron chi connectivity index (χ2n) is 11.3. The molecular weight excluding hydrogens is 506 g/mol. The molecule has 4 unspecified atom stereocenters. The normalized spacial score (nSPS) is 19.8. The molecular formula is C36H55N3O2. The van der Waals surface area contributed by atoms with E-state index >= 15 is 0 Å². The predicted molar refractivity (Wildman–Crippen MR) is 174 cm³/mol. The number of nitrogens with zero attached hydrogens (tertiary/aromatic N) is 3. The monoisotopic (exact) mass is 561 g/mol. The van der Waals surface area contributed by atoms with Gasteiger partial charge in [0.15, 0.2) is 0 Å². The molecule has 41 heavy (non-hydrogen) atoms. The lowest BCUT2D eigenvalue weighted by molar-refractivity contribution is -0.0531. The van der Waals surface area contributed by atoms with E-state index in [1.807, 2.05) is 37.8 Å². The van der Waals surface area contributed by atoms with Crippen LogP contribution in [0.2, 0.25) is 0 Å². The van der Waals surface area contributed by atoms with Crippen molar-refractivity contribution in [2.75, 3.05) is 25.1 Å². The van der Waals surface area contributed by atoms with Crippen LogP contribution in [0.4, 0.5) is 5.69 Å². The first-order valence-electron chi connectivity index (χ1n) is 16.2. The molecule has 1 aliphatic rings. The van der Waals surface area contributed by atoms with Crippen LogP contribution < -0.4 is 4.90 Å². The van der Waals surface area contributed by atoms with Gasteiger partial charge in [0.1, 0.15) is 5.75 Å². The number of unbranched alkanes of at least 4 members (excludes halogenated alkanes) is 2. The van der Waals surface area contributed by atoms with Crippen molar-refractivity contribution in [3.8, 4) is 11.4 Å². The van der Waals surface area contributed by atoms with Gasteiger partial charge in [0.25, 0.3) is 0 Å². The summed E-state index contributed by atoms with van der Waals surface area (Å²) < 4.78 is 8.27. The van der Waals surface area contributed by atoms with Crippen molar-refractivity contribution in [1.29, 1.82) is 0 Å². The third kappa shape index (κ3) is 7.17. The van der Waals surface area contributed by atoms with Crippen LogP contribution in [0.15, 0.2) is 48.7 Å². The van der Waals surface area contributed by atoms with Gasteiger partial charge < -0.3 is 14.7 Å². The van der Waals surface area contributed by atoms with Gasteiger partial charge >= 0.3 is 0 Å². The molecule has 1 N–H and O–H groups in total. The molecule has 1 aromatic heterocycles. The Bertz CT molecular complexity index is 1150. The predicted octanol–water partition coefficient (Wildman–Crippen LogP) is 9.19. The molecule has 0 bridgehead atoms. The van der Waals surface area contributed by atoms with E-state index in [4.69, 9.17) is 9.84 Å². The summed E-state index contributed by atoms with van der Waals surface area (Å²) in [5, 5.41) is 16.5. The van der Waals surface area contributed by atoms with Crippen molar-refractivity contribution in [3.63, 3.8) is 0 Å². The van der Waals surface area contributed by atoms with Gasteiger partial charge in [0, 0.05) is 55.5 Å². The number of phenolic OH excluding ortho intramolecular Hbond substituents is 1. The summed E-state index contributed by atoms with van der Waals surface area (Å²) in [6, 6.07) is 14.7. The van der Waals surface area contributed by atoms with E-state index in [2.05, 4.69) is 76.0 Å². The number of rotatable bonds is 14. The second-order valence-corrected chi connectivity index (χ2v) is 11.3. The quantitative estimate of drug-likeness (QED) is 0.213. The lowest BCUT2D eigenvalue weighted by Gasteiger charge is -2.52. The van der Waals surface area contributed by atoms with Crippen LogP contribution in [0.25, 0.3) is 5.69 Å². The average Bonchev–Trinajstić information content (AvgIpc) is 3.39. The minimum Gasteiger partial charge on any atom is -0.508 e. The number of aryl methyl sites for hydroxylation is 2. The highest BCUT2D eigenvalue weighted by Gasteiger charge is 2.53. The molecule has 1 saturated carbocycles. The van der Waals surface area contributed by atoms with Gasteiger partial charge in [-0.2, -0.15) is 5.10 Å². The number of hydrogen-bond acceptors (Lipinski definition) is 4. The summed E-state index contributed by atoms with van der Waals surface area (Å²) >= 11 is 0. The molecule has 5 heteroatoms. The Morgan fingerprint density at radius 3 is 2.12 bits per heavy atom. The van der Waals surface area contributed by atoms with Gasteiger partial charge in [0.2, 0.25) is 0 Å². The maximum Gasteiger partial charge on any atom is 0.121 e. The summed E-state index contributed by atoms with van der Waals surface area (Å²) in [6.45, 7) is 17.2. The molecule has 2 aromatic carbocycles. The lowest BCUT2D eigenvalue weighted by Crippen LogP contribution is -2.49. The van der Waals surface area contributed by atoms with Gasteiger partial charge in [-0.1, -0.05) is 85.4 Å². The number of aromatic hydroxyl groups is 1. The molecule has 5 nitrogen and oxygen atoms in total. The molecule has 1 fully saturated rings. The molecule has 0 amide bonds. The van der Waals surface area contributed by atoms with E-state index < -0.39 is 0 Å². The largest absolute Gasteiger partial charge is 0.508 e. The topological polar surface area (TPSA) is 50.5 Å². The fourth-order valence-corrected chi connectivity index (χ4v) is 6.67. The molecule has 1 aliphatic carbocycles. The van der Waals surface area contributed by atoms with E-state index in [0.717, 1.165) is 62.1 Å². The van der Waals surface area contributed by atoms with Crippen molar-refractivity contribution in [2.24, 2.45) is 5.92 Å². The van der Waals surface area contributed by atoms with Crippen LogP contribution in [0.5, 0.6) is 5.75 Å². The average molecular weight is 562 g/mol. The van der Waals surface area contributed by atoms with E-state index in [0.29, 0.717) is 11.7 Å². The fraction of sp³-hybridized carbons (Fsp3) is 0.583. The standard InChI is InChI=1S/C34H49N3O2.C2H6/c1-7-11-19-36(20-12-8-2)26-21-24(5)31(30(38)22-26)33-27(10-4)32(34(33)39-6)28-23-37(35-29(28)16-9-3)25-17-14-13-15-18-25;1-2/h13-15,17-18,21-23,27,32-34,38H,7-12,16,19-20H2,1-6H3;1-2H3. The number of hydrogen-bond donors (Lipinski definition) is 1. The molecule has 3 aromatic rings. The summed E-state index contributed by atoms with van der Waals surface area (Å²) in [7, 11) is 1.83. The molecule has 1 heterocycles. The first-order valence-corrected chi connectivity index (χ1v) is 16.2. The maximum atomic E-state index is 11.5.